The van der Waals surface area contributed by atoms with Crippen LogP contribution in [0.1, 0.15) is 30.9 Å². The van der Waals surface area contributed by atoms with Crippen LogP contribution in [0.25, 0.3) is 16.8 Å². The number of hydrogen-bond donors (Lipinski definition) is 1. The molecule has 3 aromatic carbocycles. The van der Waals surface area contributed by atoms with Gasteiger partial charge in [-0.3, -0.25) is 14.5 Å². The number of thioether (sulfide) groups is 1. The molecule has 0 atom stereocenters. The zero-order chi connectivity index (χ0) is 22.5. The van der Waals surface area contributed by atoms with Crippen LogP contribution >= 0.6 is 24.0 Å². The Kier molecular flexibility index (Phi) is 7.02. The zero-order valence-electron chi connectivity index (χ0n) is 17.8. The summed E-state index contributed by atoms with van der Waals surface area (Å²) >= 11 is 6.73. The second-order valence-corrected chi connectivity index (χ2v) is 9.28. The van der Waals surface area contributed by atoms with Gasteiger partial charge in [-0.2, -0.15) is 0 Å². The van der Waals surface area contributed by atoms with Crippen LogP contribution in [0.3, 0.4) is 0 Å². The molecule has 0 bridgehead atoms. The Labute approximate surface area is 197 Å². The molecule has 0 spiro atoms. The average molecular weight is 461 g/mol. The molecule has 6 heteroatoms. The van der Waals surface area contributed by atoms with Crippen molar-refractivity contribution in [3.8, 4) is 0 Å². The third-order valence-electron chi connectivity index (χ3n) is 5.41. The largest absolute Gasteiger partial charge is 0.326 e. The van der Waals surface area contributed by atoms with Crippen LogP contribution in [0, 0.1) is 0 Å². The first-order valence-electron chi connectivity index (χ1n) is 10.7. The molecule has 4 nitrogen and oxygen atoms in total. The number of rotatable bonds is 7. The van der Waals surface area contributed by atoms with Gasteiger partial charge < -0.3 is 5.32 Å². The van der Waals surface area contributed by atoms with Gasteiger partial charge in [0.25, 0.3) is 5.91 Å². The van der Waals surface area contributed by atoms with Crippen LogP contribution in [0.2, 0.25) is 0 Å². The smallest absolute Gasteiger partial charge is 0.266 e. The molecule has 4 rings (SSSR count). The average Bonchev–Trinajstić information content (AvgIpc) is 3.07. The molecule has 2 amide bonds. The molecular formula is C26H24N2O2S2. The molecule has 1 fully saturated rings. The van der Waals surface area contributed by atoms with Gasteiger partial charge in [0.15, 0.2) is 0 Å². The highest BCUT2D eigenvalue weighted by Gasteiger charge is 2.31. The van der Waals surface area contributed by atoms with Crippen molar-refractivity contribution in [2.75, 3.05) is 11.9 Å². The van der Waals surface area contributed by atoms with Crippen LogP contribution < -0.4 is 5.32 Å². The SMILES string of the molecule is CCc1ccc(C=C2SC(=S)N(CCCC(=O)Nc3cccc4ccccc34)C2=O)cc1. The van der Waals surface area contributed by atoms with Crippen molar-refractivity contribution >= 4 is 62.7 Å². The Morgan fingerprint density at radius 2 is 1.81 bits per heavy atom. The fourth-order valence-electron chi connectivity index (χ4n) is 3.64. The van der Waals surface area contributed by atoms with Crippen molar-refractivity contribution < 1.29 is 9.59 Å². The fourth-order valence-corrected chi connectivity index (χ4v) is 4.95. The van der Waals surface area contributed by atoms with Gasteiger partial charge in [-0.25, -0.2) is 0 Å². The number of carbonyl (C=O) groups excluding carboxylic acids is 2. The lowest BCUT2D eigenvalue weighted by molar-refractivity contribution is -0.122. The maximum absolute atomic E-state index is 12.8. The van der Waals surface area contributed by atoms with Crippen molar-refractivity contribution in [1.29, 1.82) is 0 Å². The molecular weight excluding hydrogens is 436 g/mol. The molecule has 0 aliphatic carbocycles. The summed E-state index contributed by atoms with van der Waals surface area (Å²) in [7, 11) is 0. The van der Waals surface area contributed by atoms with Gasteiger partial charge in [-0.15, -0.1) is 0 Å². The van der Waals surface area contributed by atoms with Crippen molar-refractivity contribution in [3.05, 3.63) is 82.8 Å². The van der Waals surface area contributed by atoms with E-state index in [4.69, 9.17) is 12.2 Å². The normalized spacial score (nSPS) is 15.0. The first kappa shape index (κ1) is 22.2. The predicted molar refractivity (Wildman–Crippen MR) is 138 cm³/mol. The zero-order valence-corrected chi connectivity index (χ0v) is 19.5. The van der Waals surface area contributed by atoms with E-state index in [1.165, 1.54) is 17.3 Å². The van der Waals surface area contributed by atoms with E-state index in [-0.39, 0.29) is 11.8 Å². The first-order valence-corrected chi connectivity index (χ1v) is 11.9. The molecule has 1 aliphatic heterocycles. The van der Waals surface area contributed by atoms with Crippen LogP contribution in [0.5, 0.6) is 0 Å². The molecule has 0 aromatic heterocycles. The van der Waals surface area contributed by atoms with Crippen LogP contribution in [0.4, 0.5) is 5.69 Å². The first-order chi connectivity index (χ1) is 15.5. The number of nitrogens with one attached hydrogen (secondary N) is 1. The third-order valence-corrected chi connectivity index (χ3v) is 6.79. The van der Waals surface area contributed by atoms with Gasteiger partial charge >= 0.3 is 0 Å². The Morgan fingerprint density at radius 1 is 1.06 bits per heavy atom. The molecule has 1 aliphatic rings. The summed E-state index contributed by atoms with van der Waals surface area (Å²) < 4.78 is 0.542. The van der Waals surface area contributed by atoms with E-state index >= 15 is 0 Å². The van der Waals surface area contributed by atoms with Gasteiger partial charge in [-0.1, -0.05) is 91.6 Å². The molecule has 0 unspecified atom stereocenters. The van der Waals surface area contributed by atoms with Crippen molar-refractivity contribution in [3.63, 3.8) is 0 Å². The highest BCUT2D eigenvalue weighted by atomic mass is 32.2. The Bertz CT molecular complexity index is 1200. The Hall–Kier alpha value is -2.96. The molecule has 1 heterocycles. The number of aryl methyl sites for hydroxylation is 1. The highest BCUT2D eigenvalue weighted by molar-refractivity contribution is 8.26. The van der Waals surface area contributed by atoms with Crippen LogP contribution in [-0.2, 0) is 16.0 Å². The highest BCUT2D eigenvalue weighted by Crippen LogP contribution is 2.33. The summed E-state index contributed by atoms with van der Waals surface area (Å²) in [5, 5.41) is 5.09. The summed E-state index contributed by atoms with van der Waals surface area (Å²) in [4.78, 5) is 27.5. The number of anilines is 1. The minimum absolute atomic E-state index is 0.0710. The summed E-state index contributed by atoms with van der Waals surface area (Å²) in [5.74, 6) is -0.160. The quantitative estimate of drug-likeness (QED) is 0.346. The van der Waals surface area contributed by atoms with E-state index in [1.807, 2.05) is 60.7 Å². The molecule has 0 radical (unpaired) electrons. The fraction of sp³-hybridized carbons (Fsp3) is 0.192. The number of nitrogens with zero attached hydrogens (tertiary/aromatic N) is 1. The van der Waals surface area contributed by atoms with Gasteiger partial charge in [0.2, 0.25) is 5.91 Å². The van der Waals surface area contributed by atoms with E-state index in [1.54, 1.807) is 4.90 Å². The monoisotopic (exact) mass is 460 g/mol. The lowest BCUT2D eigenvalue weighted by Gasteiger charge is -2.14. The lowest BCUT2D eigenvalue weighted by atomic mass is 10.1. The minimum Gasteiger partial charge on any atom is -0.326 e. The van der Waals surface area contributed by atoms with E-state index in [9.17, 15) is 9.59 Å². The number of hydrogen-bond acceptors (Lipinski definition) is 4. The van der Waals surface area contributed by atoms with Crippen molar-refractivity contribution in [2.24, 2.45) is 0 Å². The molecule has 32 heavy (non-hydrogen) atoms. The lowest BCUT2D eigenvalue weighted by Crippen LogP contribution is -2.29. The van der Waals surface area contributed by atoms with E-state index in [0.29, 0.717) is 28.6 Å². The van der Waals surface area contributed by atoms with Gasteiger partial charge in [-0.05, 0) is 41.5 Å². The number of amides is 2. The van der Waals surface area contributed by atoms with Gasteiger partial charge in [0.05, 0.1) is 4.91 Å². The van der Waals surface area contributed by atoms with Gasteiger partial charge in [0.1, 0.15) is 4.32 Å². The summed E-state index contributed by atoms with van der Waals surface area (Å²) in [6.45, 7) is 2.54. The van der Waals surface area contributed by atoms with E-state index < -0.39 is 0 Å². The van der Waals surface area contributed by atoms with Crippen LogP contribution in [0.15, 0.2) is 71.6 Å². The molecule has 1 N–H and O–H groups in total. The van der Waals surface area contributed by atoms with Crippen molar-refractivity contribution in [2.45, 2.75) is 26.2 Å². The maximum Gasteiger partial charge on any atom is 0.266 e. The number of fused-ring (bicyclic) bond motifs is 1. The molecule has 1 saturated heterocycles. The third kappa shape index (κ3) is 5.09. The topological polar surface area (TPSA) is 49.4 Å². The van der Waals surface area contributed by atoms with Crippen molar-refractivity contribution in [1.82, 2.24) is 4.90 Å². The van der Waals surface area contributed by atoms with E-state index in [2.05, 4.69) is 24.4 Å². The Balaban J connectivity index is 1.33. The Morgan fingerprint density at radius 3 is 2.59 bits per heavy atom. The molecule has 3 aromatic rings. The summed E-state index contributed by atoms with van der Waals surface area (Å²) in [6, 6.07) is 22.0. The van der Waals surface area contributed by atoms with Gasteiger partial charge in [0, 0.05) is 24.0 Å². The summed E-state index contributed by atoms with van der Waals surface area (Å²) in [6.07, 6.45) is 3.72. The minimum atomic E-state index is -0.0889. The molecule has 0 saturated carbocycles. The standard InChI is InChI=1S/C26H24N2O2S2/c1-2-18-12-14-19(15-13-18)17-23-25(30)28(26(31)32-23)16-6-11-24(29)27-22-10-5-8-20-7-3-4-9-21(20)22/h3-5,7-10,12-15,17H,2,6,11,16H2,1H3,(H,27,29). The summed E-state index contributed by atoms with van der Waals surface area (Å²) in [5.41, 5.74) is 3.05. The number of carbonyl (C=O) groups is 2. The van der Waals surface area contributed by atoms with Crippen LogP contribution in [-0.4, -0.2) is 27.6 Å². The number of thiocarbonyl (C=S) groups is 1. The predicted octanol–water partition coefficient (Wildman–Crippen LogP) is 6.02. The second kappa shape index (κ2) is 10.1. The molecule has 162 valence electrons. The maximum atomic E-state index is 12.8. The number of benzene rings is 3. The second-order valence-electron chi connectivity index (χ2n) is 7.61. The van der Waals surface area contributed by atoms with E-state index in [0.717, 1.165) is 28.4 Å².